The summed E-state index contributed by atoms with van der Waals surface area (Å²) in [6.07, 6.45) is 3.73. The third-order valence-electron chi connectivity index (χ3n) is 4.00. The van der Waals surface area contributed by atoms with E-state index in [2.05, 4.69) is 4.98 Å². The maximum absolute atomic E-state index is 12.2. The molecule has 3 heterocycles. The highest BCUT2D eigenvalue weighted by atomic mass is 16.6. The molecular weight excluding hydrogens is 318 g/mol. The van der Waals surface area contributed by atoms with Crippen LogP contribution in [-0.4, -0.2) is 52.7 Å². The van der Waals surface area contributed by atoms with Crippen molar-refractivity contribution in [3.05, 3.63) is 35.8 Å². The fourth-order valence-corrected chi connectivity index (χ4v) is 2.84. The predicted octanol–water partition coefficient (Wildman–Crippen LogP) is 2.51. The van der Waals surface area contributed by atoms with Crippen LogP contribution in [0.3, 0.4) is 0 Å². The summed E-state index contributed by atoms with van der Waals surface area (Å²) >= 11 is 0. The number of carbonyl (C=O) groups is 1. The summed E-state index contributed by atoms with van der Waals surface area (Å²) in [6.45, 7) is 4.74. The van der Waals surface area contributed by atoms with Crippen LogP contribution in [0, 0.1) is 0 Å². The van der Waals surface area contributed by atoms with Crippen LogP contribution in [0.25, 0.3) is 11.4 Å². The SMILES string of the molecule is CC(C)OC(=O)N1CCc2c(nc(-c3ccncc3)nc2N(C)C)C1. The molecule has 0 radical (unpaired) electrons. The molecule has 0 spiro atoms. The van der Waals surface area contributed by atoms with Crippen LogP contribution in [-0.2, 0) is 17.7 Å². The van der Waals surface area contributed by atoms with E-state index < -0.39 is 0 Å². The molecule has 0 aliphatic carbocycles. The Balaban J connectivity index is 1.97. The number of fused-ring (bicyclic) bond motifs is 1. The molecule has 0 saturated carbocycles. The van der Waals surface area contributed by atoms with Crippen molar-refractivity contribution in [2.75, 3.05) is 25.5 Å². The van der Waals surface area contributed by atoms with Crippen LogP contribution in [0.2, 0.25) is 0 Å². The van der Waals surface area contributed by atoms with E-state index in [0.29, 0.717) is 25.3 Å². The molecule has 0 fully saturated rings. The van der Waals surface area contributed by atoms with E-state index in [-0.39, 0.29) is 12.2 Å². The summed E-state index contributed by atoms with van der Waals surface area (Å²) in [4.78, 5) is 29.4. The monoisotopic (exact) mass is 341 g/mol. The minimum atomic E-state index is -0.295. The number of rotatable bonds is 3. The van der Waals surface area contributed by atoms with Crippen LogP contribution >= 0.6 is 0 Å². The maximum atomic E-state index is 12.2. The molecule has 0 unspecified atom stereocenters. The largest absolute Gasteiger partial charge is 0.447 e. The third-order valence-corrected chi connectivity index (χ3v) is 4.00. The zero-order valence-corrected chi connectivity index (χ0v) is 15.1. The highest BCUT2D eigenvalue weighted by molar-refractivity contribution is 5.69. The van der Waals surface area contributed by atoms with Crippen molar-refractivity contribution in [2.24, 2.45) is 0 Å². The maximum Gasteiger partial charge on any atom is 0.410 e. The van der Waals surface area contributed by atoms with Crippen molar-refractivity contribution in [3.63, 3.8) is 0 Å². The fraction of sp³-hybridized carbons (Fsp3) is 0.444. The van der Waals surface area contributed by atoms with Crippen LogP contribution < -0.4 is 4.90 Å². The van der Waals surface area contributed by atoms with E-state index >= 15 is 0 Å². The Bertz CT molecular complexity index is 762. The highest BCUT2D eigenvalue weighted by Crippen LogP contribution is 2.28. The lowest BCUT2D eigenvalue weighted by Crippen LogP contribution is -2.38. The van der Waals surface area contributed by atoms with Gasteiger partial charge in [-0.05, 0) is 32.4 Å². The molecule has 132 valence electrons. The lowest BCUT2D eigenvalue weighted by molar-refractivity contribution is 0.0725. The standard InChI is InChI=1S/C18H23N5O2/c1-12(2)25-18(24)23-10-7-14-15(11-23)20-16(21-17(14)22(3)4)13-5-8-19-9-6-13/h5-6,8-9,12H,7,10-11H2,1-4H3. The second-order valence-corrected chi connectivity index (χ2v) is 6.53. The van der Waals surface area contributed by atoms with Gasteiger partial charge < -0.3 is 14.5 Å². The molecule has 1 aliphatic rings. The van der Waals surface area contributed by atoms with Gasteiger partial charge in [-0.3, -0.25) is 4.98 Å². The lowest BCUT2D eigenvalue weighted by Gasteiger charge is -2.30. The molecule has 2 aromatic heterocycles. The number of hydrogen-bond donors (Lipinski definition) is 0. The van der Waals surface area contributed by atoms with E-state index in [1.165, 1.54) is 0 Å². The van der Waals surface area contributed by atoms with Crippen molar-refractivity contribution in [1.82, 2.24) is 19.9 Å². The van der Waals surface area contributed by atoms with Crippen molar-refractivity contribution in [2.45, 2.75) is 32.9 Å². The van der Waals surface area contributed by atoms with Gasteiger partial charge in [0.1, 0.15) is 5.82 Å². The molecule has 2 aromatic rings. The Kier molecular flexibility index (Phi) is 4.83. The molecule has 0 aromatic carbocycles. The van der Waals surface area contributed by atoms with Gasteiger partial charge in [-0.25, -0.2) is 14.8 Å². The minimum absolute atomic E-state index is 0.135. The second-order valence-electron chi connectivity index (χ2n) is 6.53. The summed E-state index contributed by atoms with van der Waals surface area (Å²) in [7, 11) is 3.94. The summed E-state index contributed by atoms with van der Waals surface area (Å²) in [5.41, 5.74) is 2.87. The number of aromatic nitrogens is 3. The smallest absolute Gasteiger partial charge is 0.410 e. The van der Waals surface area contributed by atoms with E-state index in [9.17, 15) is 4.79 Å². The average molecular weight is 341 g/mol. The molecule has 7 nitrogen and oxygen atoms in total. The van der Waals surface area contributed by atoms with Gasteiger partial charge in [-0.2, -0.15) is 0 Å². The number of amides is 1. The number of hydrogen-bond acceptors (Lipinski definition) is 6. The minimum Gasteiger partial charge on any atom is -0.447 e. The Labute approximate surface area is 147 Å². The fourth-order valence-electron chi connectivity index (χ4n) is 2.84. The topological polar surface area (TPSA) is 71.5 Å². The number of ether oxygens (including phenoxy) is 1. The second kappa shape index (κ2) is 7.04. The first kappa shape index (κ1) is 17.1. The van der Waals surface area contributed by atoms with Crippen molar-refractivity contribution >= 4 is 11.9 Å². The molecule has 0 atom stereocenters. The Hall–Kier alpha value is -2.70. The van der Waals surface area contributed by atoms with Gasteiger partial charge in [0.2, 0.25) is 0 Å². The summed E-state index contributed by atoms with van der Waals surface area (Å²) in [6, 6.07) is 3.77. The molecule has 3 rings (SSSR count). The van der Waals surface area contributed by atoms with Crippen LogP contribution in [0.5, 0.6) is 0 Å². The third kappa shape index (κ3) is 3.70. The number of pyridine rings is 1. The summed E-state index contributed by atoms with van der Waals surface area (Å²) in [5, 5.41) is 0. The molecule has 7 heteroatoms. The zero-order chi connectivity index (χ0) is 18.0. The first-order chi connectivity index (χ1) is 12.0. The zero-order valence-electron chi connectivity index (χ0n) is 15.1. The first-order valence-electron chi connectivity index (χ1n) is 8.38. The predicted molar refractivity (Wildman–Crippen MR) is 95.3 cm³/mol. The summed E-state index contributed by atoms with van der Waals surface area (Å²) in [5.74, 6) is 1.54. The number of nitrogens with zero attached hydrogens (tertiary/aromatic N) is 5. The molecular formula is C18H23N5O2. The van der Waals surface area contributed by atoms with E-state index in [0.717, 1.165) is 22.6 Å². The van der Waals surface area contributed by atoms with E-state index in [1.807, 2.05) is 45.0 Å². The Morgan fingerprint density at radius 2 is 1.96 bits per heavy atom. The van der Waals surface area contributed by atoms with Crippen LogP contribution in [0.4, 0.5) is 10.6 Å². The van der Waals surface area contributed by atoms with E-state index in [4.69, 9.17) is 14.7 Å². The van der Waals surface area contributed by atoms with Gasteiger partial charge in [0.15, 0.2) is 5.82 Å². The van der Waals surface area contributed by atoms with Gasteiger partial charge in [0.25, 0.3) is 0 Å². The van der Waals surface area contributed by atoms with Gasteiger partial charge in [-0.1, -0.05) is 0 Å². The summed E-state index contributed by atoms with van der Waals surface area (Å²) < 4.78 is 5.32. The first-order valence-corrected chi connectivity index (χ1v) is 8.38. The van der Waals surface area contributed by atoms with Gasteiger partial charge in [-0.15, -0.1) is 0 Å². The molecule has 0 saturated heterocycles. The van der Waals surface area contributed by atoms with Crippen molar-refractivity contribution < 1.29 is 9.53 Å². The van der Waals surface area contributed by atoms with Crippen molar-refractivity contribution in [1.29, 1.82) is 0 Å². The van der Waals surface area contributed by atoms with Gasteiger partial charge >= 0.3 is 6.09 Å². The quantitative estimate of drug-likeness (QED) is 0.854. The number of carbonyl (C=O) groups excluding carboxylic acids is 1. The Morgan fingerprint density at radius 3 is 2.60 bits per heavy atom. The van der Waals surface area contributed by atoms with Gasteiger partial charge in [0, 0.05) is 44.2 Å². The highest BCUT2D eigenvalue weighted by Gasteiger charge is 2.27. The molecule has 0 N–H and O–H groups in total. The molecule has 25 heavy (non-hydrogen) atoms. The number of anilines is 1. The normalized spacial score (nSPS) is 13.6. The molecule has 0 bridgehead atoms. The van der Waals surface area contributed by atoms with Crippen molar-refractivity contribution in [3.8, 4) is 11.4 Å². The lowest BCUT2D eigenvalue weighted by atomic mass is 10.0. The van der Waals surface area contributed by atoms with Gasteiger partial charge in [0.05, 0.1) is 18.3 Å². The Morgan fingerprint density at radius 1 is 1.24 bits per heavy atom. The average Bonchev–Trinajstić information content (AvgIpc) is 2.60. The van der Waals surface area contributed by atoms with Crippen LogP contribution in [0.1, 0.15) is 25.1 Å². The van der Waals surface area contributed by atoms with E-state index in [1.54, 1.807) is 17.3 Å². The molecule has 1 aliphatic heterocycles. The molecule has 1 amide bonds. The van der Waals surface area contributed by atoms with Crippen LogP contribution in [0.15, 0.2) is 24.5 Å².